The van der Waals surface area contributed by atoms with Crippen LogP contribution in [0.5, 0.6) is 0 Å². The molecule has 2 rings (SSSR count). The number of para-hydroxylation sites is 1. The molecule has 0 aliphatic rings. The van der Waals surface area contributed by atoms with E-state index in [4.69, 9.17) is 0 Å². The Hall–Kier alpha value is -1.35. The van der Waals surface area contributed by atoms with Gasteiger partial charge in [0.1, 0.15) is 5.82 Å². The zero-order valence-electron chi connectivity index (χ0n) is 10.6. The van der Waals surface area contributed by atoms with E-state index in [1.165, 1.54) is 6.07 Å². The summed E-state index contributed by atoms with van der Waals surface area (Å²) in [5, 5.41) is 4.39. The van der Waals surface area contributed by atoms with Crippen LogP contribution in [0.15, 0.2) is 24.4 Å². The third-order valence-corrected chi connectivity index (χ3v) is 2.97. The lowest BCUT2D eigenvalue weighted by atomic mass is 10.1. The van der Waals surface area contributed by atoms with Crippen molar-refractivity contribution in [1.29, 1.82) is 0 Å². The highest BCUT2D eigenvalue weighted by atomic mass is 19.1. The first-order chi connectivity index (χ1) is 8.13. The molecule has 0 saturated carbocycles. The zero-order valence-corrected chi connectivity index (χ0v) is 10.6. The van der Waals surface area contributed by atoms with Gasteiger partial charge in [-0.15, -0.1) is 0 Å². The van der Waals surface area contributed by atoms with E-state index in [-0.39, 0.29) is 5.82 Å². The van der Waals surface area contributed by atoms with Gasteiger partial charge in [-0.05, 0) is 18.6 Å². The van der Waals surface area contributed by atoms with Crippen LogP contribution in [0.4, 0.5) is 4.39 Å². The Bertz CT molecular complexity index is 514. The van der Waals surface area contributed by atoms with E-state index in [0.717, 1.165) is 29.6 Å². The zero-order chi connectivity index (χ0) is 12.4. The van der Waals surface area contributed by atoms with E-state index in [0.29, 0.717) is 6.04 Å². The monoisotopic (exact) mass is 234 g/mol. The Labute approximate surface area is 101 Å². The fraction of sp³-hybridized carbons (Fsp3) is 0.429. The molecule has 0 atom stereocenters. The quantitative estimate of drug-likeness (QED) is 0.859. The topological polar surface area (TPSA) is 17.0 Å². The highest BCUT2D eigenvalue weighted by Gasteiger charge is 2.11. The van der Waals surface area contributed by atoms with Crippen molar-refractivity contribution < 1.29 is 4.39 Å². The van der Waals surface area contributed by atoms with Crippen LogP contribution in [0, 0.1) is 5.82 Å². The Kier molecular flexibility index (Phi) is 3.48. The molecule has 92 valence electrons. The maximum absolute atomic E-state index is 13.8. The van der Waals surface area contributed by atoms with Crippen LogP contribution in [0.2, 0.25) is 0 Å². The molecule has 1 N–H and O–H groups in total. The molecule has 1 aromatic carbocycles. The molecule has 0 amide bonds. The summed E-state index contributed by atoms with van der Waals surface area (Å²) in [6.45, 7) is 7.83. The van der Waals surface area contributed by atoms with Gasteiger partial charge in [-0.2, -0.15) is 0 Å². The lowest BCUT2D eigenvalue weighted by molar-refractivity contribution is 0.589. The highest BCUT2D eigenvalue weighted by molar-refractivity contribution is 5.84. The summed E-state index contributed by atoms with van der Waals surface area (Å²) in [4.78, 5) is 0. The van der Waals surface area contributed by atoms with Crippen molar-refractivity contribution in [1.82, 2.24) is 9.88 Å². The Morgan fingerprint density at radius 2 is 2.12 bits per heavy atom. The number of fused-ring (bicyclic) bond motifs is 1. The summed E-state index contributed by atoms with van der Waals surface area (Å²) in [7, 11) is 0. The van der Waals surface area contributed by atoms with Crippen molar-refractivity contribution in [3.05, 3.63) is 35.8 Å². The minimum Gasteiger partial charge on any atom is -0.345 e. The highest BCUT2D eigenvalue weighted by Crippen LogP contribution is 2.24. The first kappa shape index (κ1) is 12.1. The minimum absolute atomic E-state index is 0.139. The molecule has 3 heteroatoms. The third kappa shape index (κ3) is 2.34. The summed E-state index contributed by atoms with van der Waals surface area (Å²) in [6, 6.07) is 5.72. The van der Waals surface area contributed by atoms with Gasteiger partial charge >= 0.3 is 0 Å². The van der Waals surface area contributed by atoms with Gasteiger partial charge in [-0.25, -0.2) is 4.39 Å². The van der Waals surface area contributed by atoms with E-state index in [2.05, 4.69) is 19.2 Å². The van der Waals surface area contributed by atoms with Crippen molar-refractivity contribution in [2.45, 2.75) is 39.9 Å². The standard InChI is InChI=1S/C14H19FN2/c1-4-17-9-11(8-16-10(2)3)12-6-5-7-13(15)14(12)17/h5-7,9-10,16H,4,8H2,1-3H3. The number of halogens is 1. The maximum Gasteiger partial charge on any atom is 0.147 e. The minimum atomic E-state index is -0.139. The number of aromatic nitrogens is 1. The van der Waals surface area contributed by atoms with Crippen LogP contribution in [-0.4, -0.2) is 10.6 Å². The Morgan fingerprint density at radius 1 is 1.35 bits per heavy atom. The average molecular weight is 234 g/mol. The second kappa shape index (κ2) is 4.88. The van der Waals surface area contributed by atoms with Crippen molar-refractivity contribution in [2.75, 3.05) is 0 Å². The van der Waals surface area contributed by atoms with Gasteiger partial charge in [-0.1, -0.05) is 26.0 Å². The van der Waals surface area contributed by atoms with Crippen LogP contribution >= 0.6 is 0 Å². The number of hydrogen-bond donors (Lipinski definition) is 1. The van der Waals surface area contributed by atoms with Gasteiger partial charge in [0, 0.05) is 30.7 Å². The molecular weight excluding hydrogens is 215 g/mol. The largest absolute Gasteiger partial charge is 0.345 e. The molecule has 1 heterocycles. The van der Waals surface area contributed by atoms with Gasteiger partial charge in [0.2, 0.25) is 0 Å². The summed E-state index contributed by atoms with van der Waals surface area (Å²) in [5.41, 5.74) is 1.88. The molecule has 2 aromatic rings. The molecule has 0 saturated heterocycles. The maximum atomic E-state index is 13.8. The lowest BCUT2D eigenvalue weighted by Gasteiger charge is -2.06. The molecule has 0 radical (unpaired) electrons. The van der Waals surface area contributed by atoms with E-state index in [1.807, 2.05) is 23.8 Å². The normalized spacial score (nSPS) is 11.6. The summed E-state index contributed by atoms with van der Waals surface area (Å²) in [6.07, 6.45) is 2.04. The summed E-state index contributed by atoms with van der Waals surface area (Å²) in [5.74, 6) is -0.139. The van der Waals surface area contributed by atoms with Crippen molar-refractivity contribution >= 4 is 10.9 Å². The molecule has 0 fully saturated rings. The predicted molar refractivity (Wildman–Crippen MR) is 69.5 cm³/mol. The Morgan fingerprint density at radius 3 is 2.76 bits per heavy atom. The van der Waals surface area contributed by atoms with Crippen LogP contribution in [0.1, 0.15) is 26.3 Å². The van der Waals surface area contributed by atoms with E-state index < -0.39 is 0 Å². The number of nitrogens with zero attached hydrogens (tertiary/aromatic N) is 1. The van der Waals surface area contributed by atoms with Gasteiger partial charge in [0.15, 0.2) is 0 Å². The first-order valence-corrected chi connectivity index (χ1v) is 6.13. The summed E-state index contributed by atoms with van der Waals surface area (Å²) < 4.78 is 15.8. The second-order valence-corrected chi connectivity index (χ2v) is 4.61. The smallest absolute Gasteiger partial charge is 0.147 e. The summed E-state index contributed by atoms with van der Waals surface area (Å²) >= 11 is 0. The van der Waals surface area contributed by atoms with Crippen LogP contribution < -0.4 is 5.32 Å². The SMILES string of the molecule is CCn1cc(CNC(C)C)c2cccc(F)c21. The van der Waals surface area contributed by atoms with Gasteiger partial charge < -0.3 is 9.88 Å². The van der Waals surface area contributed by atoms with Gasteiger partial charge in [0.25, 0.3) is 0 Å². The number of rotatable bonds is 4. The molecule has 0 aliphatic heterocycles. The number of benzene rings is 1. The molecule has 2 nitrogen and oxygen atoms in total. The fourth-order valence-corrected chi connectivity index (χ4v) is 2.09. The van der Waals surface area contributed by atoms with Crippen LogP contribution in [-0.2, 0) is 13.1 Å². The van der Waals surface area contributed by atoms with Crippen LogP contribution in [0.25, 0.3) is 10.9 Å². The number of nitrogens with one attached hydrogen (secondary N) is 1. The van der Waals surface area contributed by atoms with Crippen molar-refractivity contribution in [3.63, 3.8) is 0 Å². The molecule has 0 bridgehead atoms. The predicted octanol–water partition coefficient (Wildman–Crippen LogP) is 3.30. The molecule has 0 aliphatic carbocycles. The molecule has 17 heavy (non-hydrogen) atoms. The second-order valence-electron chi connectivity index (χ2n) is 4.61. The van der Waals surface area contributed by atoms with E-state index in [9.17, 15) is 4.39 Å². The van der Waals surface area contributed by atoms with Gasteiger partial charge in [-0.3, -0.25) is 0 Å². The number of hydrogen-bond acceptors (Lipinski definition) is 1. The Balaban J connectivity index is 2.46. The van der Waals surface area contributed by atoms with E-state index >= 15 is 0 Å². The van der Waals surface area contributed by atoms with Gasteiger partial charge in [0.05, 0.1) is 5.52 Å². The average Bonchev–Trinajstić information content (AvgIpc) is 2.66. The lowest BCUT2D eigenvalue weighted by Crippen LogP contribution is -2.21. The molecule has 0 spiro atoms. The van der Waals surface area contributed by atoms with Crippen molar-refractivity contribution in [3.8, 4) is 0 Å². The molecular formula is C14H19FN2. The molecule has 0 unspecified atom stereocenters. The van der Waals surface area contributed by atoms with Crippen molar-refractivity contribution in [2.24, 2.45) is 0 Å². The fourth-order valence-electron chi connectivity index (χ4n) is 2.09. The van der Waals surface area contributed by atoms with Crippen LogP contribution in [0.3, 0.4) is 0 Å². The third-order valence-electron chi connectivity index (χ3n) is 2.97. The molecule has 1 aromatic heterocycles. The van der Waals surface area contributed by atoms with E-state index in [1.54, 1.807) is 6.07 Å². The first-order valence-electron chi connectivity index (χ1n) is 6.13. The number of aryl methyl sites for hydroxylation is 1.